The number of rotatable bonds is 7. The van der Waals surface area contributed by atoms with Gasteiger partial charge in [0.05, 0.1) is 11.0 Å². The van der Waals surface area contributed by atoms with Crippen LogP contribution in [-0.2, 0) is 4.74 Å². The van der Waals surface area contributed by atoms with Crippen molar-refractivity contribution in [3.63, 3.8) is 0 Å². The molecule has 2 N–H and O–H groups in total. The molecule has 0 aliphatic carbocycles. The van der Waals surface area contributed by atoms with Gasteiger partial charge in [-0.05, 0) is 20.3 Å². The second kappa shape index (κ2) is 8.03. The zero-order chi connectivity index (χ0) is 15.8. The summed E-state index contributed by atoms with van der Waals surface area (Å²) >= 11 is 0. The standard InChI is InChI=1S/C13H20N4O4/c1-4-5-6-14-12-7-10(11(8-15-12)17(19)20)16-13(18)21-9(2)3/h7-9H,4-6H2,1-3H3,(H2,14,15,16,18). The zero-order valence-electron chi connectivity index (χ0n) is 12.4. The monoisotopic (exact) mass is 296 g/mol. The Morgan fingerprint density at radius 2 is 2.24 bits per heavy atom. The van der Waals surface area contributed by atoms with Gasteiger partial charge >= 0.3 is 11.8 Å². The third-order valence-electron chi connectivity index (χ3n) is 2.50. The van der Waals surface area contributed by atoms with Crippen LogP contribution in [0.15, 0.2) is 12.3 Å². The predicted molar refractivity (Wildman–Crippen MR) is 79.5 cm³/mol. The van der Waals surface area contributed by atoms with Crippen molar-refractivity contribution < 1.29 is 14.5 Å². The molecule has 0 saturated heterocycles. The quantitative estimate of drug-likeness (QED) is 0.454. The minimum atomic E-state index is -0.737. The molecule has 1 aromatic rings. The number of nitrogens with zero attached hydrogens (tertiary/aromatic N) is 2. The van der Waals surface area contributed by atoms with E-state index in [-0.39, 0.29) is 17.5 Å². The number of nitrogens with one attached hydrogen (secondary N) is 2. The number of aromatic nitrogens is 1. The molecule has 0 aromatic carbocycles. The molecule has 1 amide bonds. The van der Waals surface area contributed by atoms with E-state index in [1.807, 2.05) is 0 Å². The Balaban J connectivity index is 2.88. The molecule has 0 fully saturated rings. The van der Waals surface area contributed by atoms with Gasteiger partial charge in [0.1, 0.15) is 17.7 Å². The summed E-state index contributed by atoms with van der Waals surface area (Å²) in [7, 11) is 0. The molecule has 0 unspecified atom stereocenters. The first kappa shape index (κ1) is 16.7. The van der Waals surface area contributed by atoms with E-state index in [4.69, 9.17) is 4.74 Å². The molecular weight excluding hydrogens is 276 g/mol. The second-order valence-electron chi connectivity index (χ2n) is 4.70. The maximum atomic E-state index is 11.6. The zero-order valence-corrected chi connectivity index (χ0v) is 12.4. The third kappa shape index (κ3) is 5.64. The molecule has 0 atom stereocenters. The number of unbranched alkanes of at least 4 members (excludes halogenated alkanes) is 1. The minimum absolute atomic E-state index is 0.0552. The first-order valence-corrected chi connectivity index (χ1v) is 6.80. The summed E-state index contributed by atoms with van der Waals surface area (Å²) in [6, 6.07) is 1.43. The molecule has 0 bridgehead atoms. The van der Waals surface area contributed by atoms with Crippen LogP contribution in [0.2, 0.25) is 0 Å². The Morgan fingerprint density at radius 3 is 2.81 bits per heavy atom. The molecule has 0 aliphatic rings. The lowest BCUT2D eigenvalue weighted by Gasteiger charge is -2.11. The molecule has 0 saturated carbocycles. The summed E-state index contributed by atoms with van der Waals surface area (Å²) in [5.74, 6) is 0.467. The molecule has 21 heavy (non-hydrogen) atoms. The lowest BCUT2D eigenvalue weighted by Crippen LogP contribution is -2.19. The number of hydrogen-bond acceptors (Lipinski definition) is 6. The highest BCUT2D eigenvalue weighted by Crippen LogP contribution is 2.26. The molecule has 1 rings (SSSR count). The van der Waals surface area contributed by atoms with Crippen molar-refractivity contribution >= 4 is 23.3 Å². The van der Waals surface area contributed by atoms with E-state index in [0.29, 0.717) is 12.4 Å². The van der Waals surface area contributed by atoms with E-state index >= 15 is 0 Å². The van der Waals surface area contributed by atoms with Crippen molar-refractivity contribution in [2.45, 2.75) is 39.7 Å². The van der Waals surface area contributed by atoms with Gasteiger partial charge in [-0.3, -0.25) is 15.4 Å². The number of amides is 1. The van der Waals surface area contributed by atoms with E-state index in [1.165, 1.54) is 6.07 Å². The van der Waals surface area contributed by atoms with Crippen LogP contribution in [0.5, 0.6) is 0 Å². The Labute approximate surface area is 123 Å². The first-order chi connectivity index (χ1) is 9.93. The molecule has 1 aromatic heterocycles. The summed E-state index contributed by atoms with van der Waals surface area (Å²) in [6.07, 6.45) is 2.04. The van der Waals surface area contributed by atoms with Crippen LogP contribution in [0.3, 0.4) is 0 Å². The van der Waals surface area contributed by atoms with E-state index < -0.39 is 11.0 Å². The van der Waals surface area contributed by atoms with Gasteiger partial charge in [-0.1, -0.05) is 13.3 Å². The van der Waals surface area contributed by atoms with Crippen molar-refractivity contribution in [1.82, 2.24) is 4.98 Å². The number of ether oxygens (including phenoxy) is 1. The molecule has 0 aliphatic heterocycles. The Bertz CT molecular complexity index is 505. The lowest BCUT2D eigenvalue weighted by atomic mass is 10.3. The maximum Gasteiger partial charge on any atom is 0.412 e. The molecule has 8 heteroatoms. The fourth-order valence-electron chi connectivity index (χ4n) is 1.54. The highest BCUT2D eigenvalue weighted by Gasteiger charge is 2.18. The van der Waals surface area contributed by atoms with Crippen LogP contribution < -0.4 is 10.6 Å². The number of hydrogen-bond donors (Lipinski definition) is 2. The van der Waals surface area contributed by atoms with Crippen molar-refractivity contribution in [3.05, 3.63) is 22.4 Å². The van der Waals surface area contributed by atoms with Crippen LogP contribution in [0.1, 0.15) is 33.6 Å². The summed E-state index contributed by atoms with van der Waals surface area (Å²) in [6.45, 7) is 6.15. The van der Waals surface area contributed by atoms with Gasteiger partial charge in [0.25, 0.3) is 0 Å². The van der Waals surface area contributed by atoms with Gasteiger partial charge in [-0.2, -0.15) is 0 Å². The van der Waals surface area contributed by atoms with Gasteiger partial charge in [0, 0.05) is 12.6 Å². The van der Waals surface area contributed by atoms with Crippen LogP contribution >= 0.6 is 0 Å². The van der Waals surface area contributed by atoms with Crippen LogP contribution in [0.4, 0.5) is 22.0 Å². The Hall–Kier alpha value is -2.38. The summed E-state index contributed by atoms with van der Waals surface area (Å²) < 4.78 is 4.91. The van der Waals surface area contributed by atoms with Crippen LogP contribution in [0.25, 0.3) is 0 Å². The second-order valence-corrected chi connectivity index (χ2v) is 4.70. The van der Waals surface area contributed by atoms with Crippen LogP contribution in [0, 0.1) is 10.1 Å². The van der Waals surface area contributed by atoms with Crippen LogP contribution in [-0.4, -0.2) is 28.6 Å². The van der Waals surface area contributed by atoms with Gasteiger partial charge in [0.15, 0.2) is 0 Å². The molecular formula is C13H20N4O4. The van der Waals surface area contributed by atoms with Gasteiger partial charge in [-0.25, -0.2) is 9.78 Å². The lowest BCUT2D eigenvalue weighted by molar-refractivity contribution is -0.384. The third-order valence-corrected chi connectivity index (χ3v) is 2.50. The molecule has 1 heterocycles. The van der Waals surface area contributed by atoms with E-state index in [1.54, 1.807) is 13.8 Å². The largest absolute Gasteiger partial charge is 0.447 e. The van der Waals surface area contributed by atoms with E-state index in [0.717, 1.165) is 19.0 Å². The van der Waals surface area contributed by atoms with Crippen molar-refractivity contribution in [1.29, 1.82) is 0 Å². The van der Waals surface area contributed by atoms with Gasteiger partial charge < -0.3 is 10.1 Å². The molecule has 0 spiro atoms. The average Bonchev–Trinajstić information content (AvgIpc) is 2.37. The summed E-state index contributed by atoms with van der Waals surface area (Å²) in [5.41, 5.74) is -0.226. The molecule has 0 radical (unpaired) electrons. The van der Waals surface area contributed by atoms with E-state index in [9.17, 15) is 14.9 Å². The number of pyridine rings is 1. The van der Waals surface area contributed by atoms with Crippen molar-refractivity contribution in [2.24, 2.45) is 0 Å². The molecule has 8 nitrogen and oxygen atoms in total. The number of carbonyl (C=O) groups excluding carboxylic acids is 1. The first-order valence-electron chi connectivity index (χ1n) is 6.80. The maximum absolute atomic E-state index is 11.6. The summed E-state index contributed by atoms with van der Waals surface area (Å²) in [4.78, 5) is 25.9. The van der Waals surface area contributed by atoms with E-state index in [2.05, 4.69) is 22.5 Å². The van der Waals surface area contributed by atoms with Gasteiger partial charge in [-0.15, -0.1) is 0 Å². The fourth-order valence-corrected chi connectivity index (χ4v) is 1.54. The highest BCUT2D eigenvalue weighted by molar-refractivity contribution is 5.88. The Kier molecular flexibility index (Phi) is 6.38. The number of nitro groups is 1. The average molecular weight is 296 g/mol. The Morgan fingerprint density at radius 1 is 1.52 bits per heavy atom. The normalized spacial score (nSPS) is 10.3. The summed E-state index contributed by atoms with van der Waals surface area (Å²) in [5, 5.41) is 16.4. The topological polar surface area (TPSA) is 106 Å². The molecule has 116 valence electrons. The van der Waals surface area contributed by atoms with Gasteiger partial charge in [0.2, 0.25) is 0 Å². The predicted octanol–water partition coefficient (Wildman–Crippen LogP) is 3.16. The smallest absolute Gasteiger partial charge is 0.412 e. The minimum Gasteiger partial charge on any atom is -0.447 e. The fraction of sp³-hybridized carbons (Fsp3) is 0.538. The number of anilines is 2. The highest BCUT2D eigenvalue weighted by atomic mass is 16.6. The van der Waals surface area contributed by atoms with Crippen molar-refractivity contribution in [2.75, 3.05) is 17.2 Å². The SMILES string of the molecule is CCCCNc1cc(NC(=O)OC(C)C)c([N+](=O)[O-])cn1. The number of carbonyl (C=O) groups is 1. The van der Waals surface area contributed by atoms with Crippen molar-refractivity contribution in [3.8, 4) is 0 Å².